The SMILES string of the molecule is CCOC(OCC)[SiH2]C(C)C. The highest BCUT2D eigenvalue weighted by Gasteiger charge is 2.10. The van der Waals surface area contributed by atoms with Crippen molar-refractivity contribution >= 4 is 9.52 Å². The highest BCUT2D eigenvalue weighted by Crippen LogP contribution is 2.04. The number of rotatable bonds is 6. The molecule has 0 aromatic rings. The van der Waals surface area contributed by atoms with E-state index < -0.39 is 0 Å². The molecule has 0 aliphatic heterocycles. The largest absolute Gasteiger partial charge is 0.357 e. The third-order valence-electron chi connectivity index (χ3n) is 1.37. The van der Waals surface area contributed by atoms with E-state index in [1.165, 1.54) is 0 Å². The molecule has 0 spiro atoms. The van der Waals surface area contributed by atoms with Crippen LogP contribution in [0.1, 0.15) is 27.7 Å². The first-order chi connectivity index (χ1) is 5.20. The maximum atomic E-state index is 5.43. The smallest absolute Gasteiger partial charge is 0.135 e. The van der Waals surface area contributed by atoms with Crippen molar-refractivity contribution in [2.45, 2.75) is 39.1 Å². The molecule has 0 aliphatic rings. The Morgan fingerprint density at radius 3 is 1.82 bits per heavy atom. The summed E-state index contributed by atoms with van der Waals surface area (Å²) in [6, 6.07) is 0. The van der Waals surface area contributed by atoms with Gasteiger partial charge in [-0.05, 0) is 13.8 Å². The van der Waals surface area contributed by atoms with Crippen LogP contribution in [0.2, 0.25) is 5.54 Å². The summed E-state index contributed by atoms with van der Waals surface area (Å²) >= 11 is 0. The van der Waals surface area contributed by atoms with Gasteiger partial charge in [-0.25, -0.2) is 0 Å². The van der Waals surface area contributed by atoms with Crippen LogP contribution in [0.3, 0.4) is 0 Å². The van der Waals surface area contributed by atoms with Crippen molar-refractivity contribution in [2.24, 2.45) is 0 Å². The fourth-order valence-corrected chi connectivity index (χ4v) is 2.45. The lowest BCUT2D eigenvalue weighted by Crippen LogP contribution is -2.26. The summed E-state index contributed by atoms with van der Waals surface area (Å²) < 4.78 is 10.9. The Labute approximate surface area is 72.1 Å². The van der Waals surface area contributed by atoms with E-state index in [0.29, 0.717) is 0 Å². The van der Waals surface area contributed by atoms with Gasteiger partial charge >= 0.3 is 0 Å². The molecule has 0 aromatic carbocycles. The van der Waals surface area contributed by atoms with Crippen LogP contribution in [0.25, 0.3) is 0 Å². The monoisotopic (exact) mass is 176 g/mol. The quantitative estimate of drug-likeness (QED) is 0.449. The predicted octanol–water partition coefficient (Wildman–Crippen LogP) is 1.34. The second-order valence-electron chi connectivity index (χ2n) is 2.97. The molecule has 2 nitrogen and oxygen atoms in total. The molecule has 0 bridgehead atoms. The van der Waals surface area contributed by atoms with Gasteiger partial charge in [-0.2, -0.15) is 0 Å². The van der Waals surface area contributed by atoms with E-state index in [9.17, 15) is 0 Å². The number of ether oxygens (including phenoxy) is 2. The van der Waals surface area contributed by atoms with Crippen LogP contribution in [0.15, 0.2) is 0 Å². The summed E-state index contributed by atoms with van der Waals surface area (Å²) in [5, 5.41) is 0. The summed E-state index contributed by atoms with van der Waals surface area (Å²) in [7, 11) is -0.206. The Hall–Kier alpha value is 0.137. The minimum Gasteiger partial charge on any atom is -0.357 e. The van der Waals surface area contributed by atoms with Crippen LogP contribution >= 0.6 is 0 Å². The lowest BCUT2D eigenvalue weighted by atomic mass is 10.6. The number of hydrogen-bond donors (Lipinski definition) is 0. The van der Waals surface area contributed by atoms with E-state index in [-0.39, 0.29) is 15.4 Å². The van der Waals surface area contributed by atoms with Crippen molar-refractivity contribution in [1.29, 1.82) is 0 Å². The first kappa shape index (κ1) is 11.1. The molecular weight excluding hydrogens is 156 g/mol. The van der Waals surface area contributed by atoms with Gasteiger partial charge in [0.15, 0.2) is 0 Å². The third-order valence-corrected chi connectivity index (χ3v) is 3.17. The normalized spacial score (nSPS) is 12.5. The van der Waals surface area contributed by atoms with Gasteiger partial charge in [0, 0.05) is 13.2 Å². The van der Waals surface area contributed by atoms with Gasteiger partial charge < -0.3 is 9.47 Å². The van der Waals surface area contributed by atoms with Crippen molar-refractivity contribution in [2.75, 3.05) is 13.2 Å². The summed E-state index contributed by atoms with van der Waals surface area (Å²) in [6.07, 6.45) is 0. The van der Waals surface area contributed by atoms with E-state index in [0.717, 1.165) is 18.8 Å². The molecule has 0 saturated carbocycles. The first-order valence-corrected chi connectivity index (χ1v) is 6.07. The van der Waals surface area contributed by atoms with Gasteiger partial charge in [0.25, 0.3) is 0 Å². The van der Waals surface area contributed by atoms with E-state index >= 15 is 0 Å². The second kappa shape index (κ2) is 6.82. The summed E-state index contributed by atoms with van der Waals surface area (Å²) in [5.74, 6) is 0.144. The maximum Gasteiger partial charge on any atom is 0.135 e. The second-order valence-corrected chi connectivity index (χ2v) is 5.74. The van der Waals surface area contributed by atoms with Crippen molar-refractivity contribution < 1.29 is 9.47 Å². The highest BCUT2D eigenvalue weighted by atomic mass is 28.2. The first-order valence-electron chi connectivity index (χ1n) is 4.43. The Balaban J connectivity index is 3.50. The van der Waals surface area contributed by atoms with Crippen LogP contribution in [-0.2, 0) is 9.47 Å². The lowest BCUT2D eigenvalue weighted by Gasteiger charge is -2.17. The van der Waals surface area contributed by atoms with Crippen molar-refractivity contribution in [1.82, 2.24) is 0 Å². The summed E-state index contributed by atoms with van der Waals surface area (Å²) in [4.78, 5) is 0. The number of hydrogen-bond acceptors (Lipinski definition) is 2. The topological polar surface area (TPSA) is 18.5 Å². The van der Waals surface area contributed by atoms with Crippen molar-refractivity contribution in [3.63, 3.8) is 0 Å². The Morgan fingerprint density at radius 1 is 1.09 bits per heavy atom. The molecule has 0 N–H and O–H groups in total. The molecule has 0 radical (unpaired) electrons. The molecule has 68 valence electrons. The summed E-state index contributed by atoms with van der Waals surface area (Å²) in [5.41, 5.74) is 0.776. The third kappa shape index (κ3) is 6.53. The van der Waals surface area contributed by atoms with E-state index in [4.69, 9.17) is 9.47 Å². The average molecular weight is 176 g/mol. The van der Waals surface area contributed by atoms with Crippen LogP contribution in [0, 0.1) is 0 Å². The molecule has 0 aliphatic carbocycles. The minimum atomic E-state index is -0.206. The van der Waals surface area contributed by atoms with Crippen molar-refractivity contribution in [3.05, 3.63) is 0 Å². The summed E-state index contributed by atoms with van der Waals surface area (Å²) in [6.45, 7) is 10.0. The van der Waals surface area contributed by atoms with E-state index in [1.54, 1.807) is 0 Å². The van der Waals surface area contributed by atoms with Crippen LogP contribution < -0.4 is 0 Å². The molecule has 0 heterocycles. The Morgan fingerprint density at radius 2 is 1.55 bits per heavy atom. The standard InChI is InChI=1S/C8H20O2Si/c1-5-9-8(10-6-2)11-7(3)4/h7-8H,5-6,11H2,1-4H3. The molecule has 0 fully saturated rings. The zero-order valence-corrected chi connectivity index (χ0v) is 9.51. The van der Waals surface area contributed by atoms with Crippen molar-refractivity contribution in [3.8, 4) is 0 Å². The molecule has 3 heteroatoms. The fourth-order valence-electron chi connectivity index (χ4n) is 0.941. The Kier molecular flexibility index (Phi) is 6.91. The highest BCUT2D eigenvalue weighted by molar-refractivity contribution is 6.38. The van der Waals surface area contributed by atoms with Gasteiger partial charge in [-0.1, -0.05) is 19.4 Å². The van der Waals surface area contributed by atoms with Gasteiger partial charge in [0.2, 0.25) is 0 Å². The molecule has 0 amide bonds. The molecule has 0 unspecified atom stereocenters. The maximum absolute atomic E-state index is 5.43. The lowest BCUT2D eigenvalue weighted by molar-refractivity contribution is -0.0832. The van der Waals surface area contributed by atoms with E-state index in [2.05, 4.69) is 13.8 Å². The molecule has 0 aromatic heterocycles. The van der Waals surface area contributed by atoms with Crippen LogP contribution in [0.5, 0.6) is 0 Å². The fraction of sp³-hybridized carbons (Fsp3) is 1.00. The van der Waals surface area contributed by atoms with Gasteiger partial charge in [-0.3, -0.25) is 0 Å². The minimum absolute atomic E-state index is 0.144. The van der Waals surface area contributed by atoms with E-state index in [1.807, 2.05) is 13.8 Å². The van der Waals surface area contributed by atoms with Crippen LogP contribution in [0.4, 0.5) is 0 Å². The average Bonchev–Trinajstić information content (AvgIpc) is 1.87. The van der Waals surface area contributed by atoms with Gasteiger partial charge in [0.1, 0.15) is 5.91 Å². The van der Waals surface area contributed by atoms with Gasteiger partial charge in [-0.15, -0.1) is 0 Å². The molecular formula is C8H20O2Si. The zero-order chi connectivity index (χ0) is 8.69. The molecule has 0 atom stereocenters. The van der Waals surface area contributed by atoms with Gasteiger partial charge in [0.05, 0.1) is 9.52 Å². The Bertz CT molecular complexity index is 80.2. The zero-order valence-electron chi connectivity index (χ0n) is 8.09. The molecule has 11 heavy (non-hydrogen) atoms. The molecule has 0 rings (SSSR count). The predicted molar refractivity (Wildman–Crippen MR) is 50.7 cm³/mol. The van der Waals surface area contributed by atoms with Crippen LogP contribution in [-0.4, -0.2) is 28.6 Å². The molecule has 0 saturated heterocycles.